The molecule has 0 radical (unpaired) electrons. The molecular formula is C23H30Cl2N4O2. The Hall–Kier alpha value is -2.12. The standard InChI is InChI=1S/C23H29ClN4O2.ClH/c1-28(14-15-30-2)13-7-3-6-12-25-21-16-17(10-11-20(21)24)22-18-8-4-5-9-19(18)23(29)27-26-22;/h4-5,8-11,16,25H,3,6-7,12-15H2,1-2H3,(H,27,29);1H. The van der Waals surface area contributed by atoms with E-state index in [2.05, 4.69) is 27.5 Å². The van der Waals surface area contributed by atoms with E-state index in [0.29, 0.717) is 10.4 Å². The minimum absolute atomic E-state index is 0. The van der Waals surface area contributed by atoms with E-state index in [0.717, 1.165) is 67.8 Å². The maximum absolute atomic E-state index is 12.0. The van der Waals surface area contributed by atoms with E-state index < -0.39 is 0 Å². The van der Waals surface area contributed by atoms with Crippen LogP contribution >= 0.6 is 24.0 Å². The van der Waals surface area contributed by atoms with Gasteiger partial charge in [0.25, 0.3) is 5.56 Å². The molecule has 1 heterocycles. The molecule has 0 aliphatic carbocycles. The highest BCUT2D eigenvalue weighted by Gasteiger charge is 2.10. The Balaban J connectivity index is 0.00000341. The number of nitrogens with zero attached hydrogens (tertiary/aromatic N) is 2. The fourth-order valence-electron chi connectivity index (χ4n) is 3.41. The zero-order chi connectivity index (χ0) is 21.3. The maximum Gasteiger partial charge on any atom is 0.272 e. The Bertz CT molecular complexity index is 1030. The number of benzene rings is 2. The topological polar surface area (TPSA) is 70.2 Å². The molecule has 8 heteroatoms. The third-order valence-corrected chi connectivity index (χ3v) is 5.47. The highest BCUT2D eigenvalue weighted by molar-refractivity contribution is 6.33. The Morgan fingerprint density at radius 2 is 1.87 bits per heavy atom. The van der Waals surface area contributed by atoms with Gasteiger partial charge in [-0.3, -0.25) is 4.79 Å². The van der Waals surface area contributed by atoms with Gasteiger partial charge in [-0.25, -0.2) is 5.10 Å². The Morgan fingerprint density at radius 3 is 2.65 bits per heavy atom. The molecule has 0 saturated carbocycles. The molecule has 1 aromatic heterocycles. The molecule has 0 atom stereocenters. The van der Waals surface area contributed by atoms with E-state index in [1.54, 1.807) is 13.2 Å². The number of likely N-dealkylation sites (N-methyl/N-ethyl adjacent to an activating group) is 1. The van der Waals surface area contributed by atoms with Crippen LogP contribution in [0.25, 0.3) is 22.0 Å². The molecule has 0 aliphatic rings. The first-order valence-electron chi connectivity index (χ1n) is 10.3. The van der Waals surface area contributed by atoms with E-state index in [-0.39, 0.29) is 18.0 Å². The predicted octanol–water partition coefficient (Wildman–Crippen LogP) is 4.83. The summed E-state index contributed by atoms with van der Waals surface area (Å²) >= 11 is 6.40. The molecule has 0 spiro atoms. The summed E-state index contributed by atoms with van der Waals surface area (Å²) in [6, 6.07) is 13.3. The fourth-order valence-corrected chi connectivity index (χ4v) is 3.59. The molecule has 0 amide bonds. The van der Waals surface area contributed by atoms with Crippen molar-refractivity contribution in [1.82, 2.24) is 15.1 Å². The van der Waals surface area contributed by atoms with Crippen molar-refractivity contribution in [3.63, 3.8) is 0 Å². The van der Waals surface area contributed by atoms with Gasteiger partial charge >= 0.3 is 0 Å². The zero-order valence-corrected chi connectivity index (χ0v) is 19.6. The first kappa shape index (κ1) is 25.1. The number of unbranched alkanes of at least 4 members (excludes halogenated alkanes) is 2. The van der Waals surface area contributed by atoms with Gasteiger partial charge in [0, 0.05) is 31.1 Å². The minimum atomic E-state index is -0.186. The molecule has 3 aromatic rings. The number of methoxy groups -OCH3 is 1. The number of aromatic nitrogens is 2. The zero-order valence-electron chi connectivity index (χ0n) is 18.0. The molecule has 2 aromatic carbocycles. The van der Waals surface area contributed by atoms with Gasteiger partial charge in [0.15, 0.2) is 0 Å². The van der Waals surface area contributed by atoms with Gasteiger partial charge < -0.3 is 15.0 Å². The third kappa shape index (κ3) is 6.94. The average Bonchev–Trinajstić information content (AvgIpc) is 2.76. The number of ether oxygens (including phenoxy) is 1. The van der Waals surface area contributed by atoms with Crippen LogP contribution in [-0.2, 0) is 4.74 Å². The lowest BCUT2D eigenvalue weighted by atomic mass is 10.0. The molecule has 0 unspecified atom stereocenters. The molecule has 0 saturated heterocycles. The fraction of sp³-hybridized carbons (Fsp3) is 0.391. The van der Waals surface area contributed by atoms with Crippen LogP contribution in [0, 0.1) is 0 Å². The SMILES string of the molecule is COCCN(C)CCCCCNc1cc(-c2n[nH]c(=O)c3ccccc23)ccc1Cl.Cl. The van der Waals surface area contributed by atoms with Gasteiger partial charge in [0.05, 0.1) is 28.4 Å². The summed E-state index contributed by atoms with van der Waals surface area (Å²) < 4.78 is 5.10. The van der Waals surface area contributed by atoms with Crippen molar-refractivity contribution in [1.29, 1.82) is 0 Å². The van der Waals surface area contributed by atoms with E-state index in [9.17, 15) is 4.79 Å². The molecule has 168 valence electrons. The average molecular weight is 465 g/mol. The van der Waals surface area contributed by atoms with Crippen LogP contribution in [0.4, 0.5) is 5.69 Å². The van der Waals surface area contributed by atoms with Gasteiger partial charge in [-0.1, -0.05) is 42.3 Å². The monoisotopic (exact) mass is 464 g/mol. The largest absolute Gasteiger partial charge is 0.384 e. The normalized spacial score (nSPS) is 11.0. The number of rotatable bonds is 11. The highest BCUT2D eigenvalue weighted by Crippen LogP contribution is 2.30. The van der Waals surface area contributed by atoms with Crippen molar-refractivity contribution in [3.8, 4) is 11.3 Å². The van der Waals surface area contributed by atoms with E-state index in [1.807, 2.05) is 36.4 Å². The van der Waals surface area contributed by atoms with Crippen LogP contribution in [0.15, 0.2) is 47.3 Å². The van der Waals surface area contributed by atoms with Crippen LogP contribution in [0.2, 0.25) is 5.02 Å². The van der Waals surface area contributed by atoms with Crippen LogP contribution in [-0.4, -0.2) is 55.5 Å². The smallest absolute Gasteiger partial charge is 0.272 e. The van der Waals surface area contributed by atoms with Gasteiger partial charge in [-0.05, 0) is 44.6 Å². The van der Waals surface area contributed by atoms with Crippen LogP contribution in [0.5, 0.6) is 0 Å². The lowest BCUT2D eigenvalue weighted by Gasteiger charge is -2.15. The third-order valence-electron chi connectivity index (χ3n) is 5.15. The summed E-state index contributed by atoms with van der Waals surface area (Å²) in [5.41, 5.74) is 2.34. The summed E-state index contributed by atoms with van der Waals surface area (Å²) in [6.07, 6.45) is 3.37. The van der Waals surface area contributed by atoms with Crippen molar-refractivity contribution >= 4 is 40.5 Å². The van der Waals surface area contributed by atoms with Gasteiger partial charge in [0.1, 0.15) is 0 Å². The second-order valence-electron chi connectivity index (χ2n) is 7.43. The van der Waals surface area contributed by atoms with Gasteiger partial charge in [0.2, 0.25) is 0 Å². The Labute approximate surface area is 194 Å². The predicted molar refractivity (Wildman–Crippen MR) is 132 cm³/mol. The Morgan fingerprint density at radius 1 is 1.10 bits per heavy atom. The summed E-state index contributed by atoms with van der Waals surface area (Å²) in [6.45, 7) is 3.66. The molecule has 6 nitrogen and oxygen atoms in total. The summed E-state index contributed by atoms with van der Waals surface area (Å²) in [5.74, 6) is 0. The van der Waals surface area contributed by atoms with Crippen molar-refractivity contribution in [2.24, 2.45) is 0 Å². The van der Waals surface area contributed by atoms with Crippen molar-refractivity contribution in [2.45, 2.75) is 19.3 Å². The number of anilines is 1. The highest BCUT2D eigenvalue weighted by atomic mass is 35.5. The first-order chi connectivity index (χ1) is 14.6. The number of hydrogen-bond donors (Lipinski definition) is 2. The molecule has 0 fully saturated rings. The van der Waals surface area contributed by atoms with Crippen molar-refractivity contribution in [3.05, 3.63) is 57.8 Å². The number of hydrogen-bond acceptors (Lipinski definition) is 5. The summed E-state index contributed by atoms with van der Waals surface area (Å²) in [5, 5.41) is 12.4. The summed E-state index contributed by atoms with van der Waals surface area (Å²) in [4.78, 5) is 14.3. The second-order valence-corrected chi connectivity index (χ2v) is 7.83. The molecule has 0 bridgehead atoms. The van der Waals surface area contributed by atoms with Crippen LogP contribution < -0.4 is 10.9 Å². The first-order valence-corrected chi connectivity index (χ1v) is 10.7. The maximum atomic E-state index is 12.0. The molecule has 2 N–H and O–H groups in total. The lowest BCUT2D eigenvalue weighted by molar-refractivity contribution is 0.160. The van der Waals surface area contributed by atoms with E-state index >= 15 is 0 Å². The number of H-pyrrole nitrogens is 1. The second kappa shape index (κ2) is 12.7. The molecule has 31 heavy (non-hydrogen) atoms. The molecule has 0 aliphatic heterocycles. The number of halogens is 2. The Kier molecular flexibility index (Phi) is 10.3. The molecule has 3 rings (SSSR count). The van der Waals surface area contributed by atoms with E-state index in [4.69, 9.17) is 16.3 Å². The quantitative estimate of drug-likeness (QED) is 0.397. The minimum Gasteiger partial charge on any atom is -0.384 e. The number of aromatic amines is 1. The summed E-state index contributed by atoms with van der Waals surface area (Å²) in [7, 11) is 3.85. The van der Waals surface area contributed by atoms with Gasteiger partial charge in [-0.15, -0.1) is 12.4 Å². The van der Waals surface area contributed by atoms with Crippen LogP contribution in [0.1, 0.15) is 19.3 Å². The molecular weight excluding hydrogens is 435 g/mol. The van der Waals surface area contributed by atoms with Gasteiger partial charge in [-0.2, -0.15) is 5.10 Å². The van der Waals surface area contributed by atoms with E-state index in [1.165, 1.54) is 0 Å². The van der Waals surface area contributed by atoms with Crippen LogP contribution in [0.3, 0.4) is 0 Å². The van der Waals surface area contributed by atoms with Crippen molar-refractivity contribution in [2.75, 3.05) is 45.7 Å². The van der Waals surface area contributed by atoms with Crippen molar-refractivity contribution < 1.29 is 4.74 Å². The number of nitrogens with one attached hydrogen (secondary N) is 2. The lowest BCUT2D eigenvalue weighted by Crippen LogP contribution is -2.23. The number of fused-ring (bicyclic) bond motifs is 1.